The fourth-order valence-electron chi connectivity index (χ4n) is 1.59. The number of nitrogens with zero attached hydrogens (tertiary/aromatic N) is 5. The van der Waals surface area contributed by atoms with Crippen LogP contribution in [0.4, 0.5) is 5.95 Å². The summed E-state index contributed by atoms with van der Waals surface area (Å²) in [4.78, 5) is 12.5. The van der Waals surface area contributed by atoms with Crippen LogP contribution >= 0.6 is 15.9 Å². The van der Waals surface area contributed by atoms with Gasteiger partial charge in [0.1, 0.15) is 0 Å². The summed E-state index contributed by atoms with van der Waals surface area (Å²) in [5, 5.41) is 4.37. The molecule has 8 nitrogen and oxygen atoms in total. The molecule has 0 unspecified atom stereocenters. The Morgan fingerprint density at radius 3 is 2.45 bits per heavy atom. The number of nitrogens with one attached hydrogen (secondary N) is 1. The van der Waals surface area contributed by atoms with E-state index < -0.39 is 0 Å². The number of hydrogen-bond acceptors (Lipinski definition) is 7. The van der Waals surface area contributed by atoms with Gasteiger partial charge in [0, 0.05) is 0 Å². The third-order valence-electron chi connectivity index (χ3n) is 2.47. The largest absolute Gasteiger partial charge is 0.461 e. The number of halogens is 1. The van der Waals surface area contributed by atoms with Gasteiger partial charge < -0.3 is 4.74 Å². The van der Waals surface area contributed by atoms with Crippen molar-refractivity contribution in [2.75, 3.05) is 5.43 Å². The zero-order valence-corrected chi connectivity index (χ0v) is 13.3. The van der Waals surface area contributed by atoms with Crippen LogP contribution in [0.15, 0.2) is 4.47 Å². The van der Waals surface area contributed by atoms with E-state index in [0.29, 0.717) is 5.95 Å². The quantitative estimate of drug-likeness (QED) is 0.641. The van der Waals surface area contributed by atoms with Crippen molar-refractivity contribution in [2.24, 2.45) is 5.84 Å². The zero-order chi connectivity index (χ0) is 14.9. The summed E-state index contributed by atoms with van der Waals surface area (Å²) in [5.74, 6) is 5.93. The summed E-state index contributed by atoms with van der Waals surface area (Å²) in [6.45, 7) is 7.58. The summed E-state index contributed by atoms with van der Waals surface area (Å²) < 4.78 is 8.00. The maximum atomic E-state index is 5.49. The highest BCUT2D eigenvalue weighted by Gasteiger charge is 2.15. The fourth-order valence-corrected chi connectivity index (χ4v) is 1.83. The number of hydrazine groups is 1. The molecule has 2 aromatic heterocycles. The lowest BCUT2D eigenvalue weighted by atomic mass is 10.4. The molecular weight excluding hydrogens is 326 g/mol. The van der Waals surface area contributed by atoms with Gasteiger partial charge in [0.25, 0.3) is 5.95 Å². The van der Waals surface area contributed by atoms with Gasteiger partial charge in [0.2, 0.25) is 5.95 Å². The Balaban J connectivity index is 2.52. The monoisotopic (exact) mass is 341 g/mol. The average Bonchev–Trinajstić information content (AvgIpc) is 2.65. The molecule has 2 rings (SSSR count). The number of aromatic nitrogens is 5. The van der Waals surface area contributed by atoms with Crippen molar-refractivity contribution in [1.82, 2.24) is 24.7 Å². The van der Waals surface area contributed by atoms with E-state index in [0.717, 1.165) is 15.9 Å². The van der Waals surface area contributed by atoms with Crippen molar-refractivity contribution < 1.29 is 4.74 Å². The normalized spacial score (nSPS) is 10.9. The van der Waals surface area contributed by atoms with Gasteiger partial charge in [-0.2, -0.15) is 20.1 Å². The van der Waals surface area contributed by atoms with Gasteiger partial charge in [0.05, 0.1) is 22.0 Å². The number of anilines is 1. The number of rotatable bonds is 4. The predicted octanol–water partition coefficient (Wildman–Crippen LogP) is 1.51. The molecule has 0 radical (unpaired) electrons. The Kier molecular flexibility index (Phi) is 4.19. The Bertz CT molecular complexity index is 625. The van der Waals surface area contributed by atoms with Gasteiger partial charge in [-0.05, 0) is 43.6 Å². The van der Waals surface area contributed by atoms with Gasteiger partial charge in [-0.15, -0.1) is 0 Å². The van der Waals surface area contributed by atoms with Gasteiger partial charge in [-0.3, -0.25) is 5.43 Å². The molecule has 0 spiro atoms. The summed E-state index contributed by atoms with van der Waals surface area (Å²) >= 11 is 3.47. The molecule has 2 aromatic rings. The Labute approximate surface area is 124 Å². The first-order chi connectivity index (χ1) is 9.42. The highest BCUT2D eigenvalue weighted by Crippen LogP contribution is 2.22. The van der Waals surface area contributed by atoms with E-state index in [-0.39, 0.29) is 18.1 Å². The topological polar surface area (TPSA) is 104 Å². The molecule has 0 bridgehead atoms. The van der Waals surface area contributed by atoms with Crippen LogP contribution in [0.5, 0.6) is 6.01 Å². The Morgan fingerprint density at radius 1 is 1.25 bits per heavy atom. The molecule has 108 valence electrons. The Morgan fingerprint density at radius 2 is 1.95 bits per heavy atom. The van der Waals surface area contributed by atoms with Gasteiger partial charge in [-0.25, -0.2) is 10.5 Å². The maximum Gasteiger partial charge on any atom is 0.323 e. The van der Waals surface area contributed by atoms with E-state index in [9.17, 15) is 0 Å². The van der Waals surface area contributed by atoms with E-state index in [1.807, 2.05) is 27.7 Å². The minimum Gasteiger partial charge on any atom is -0.461 e. The van der Waals surface area contributed by atoms with Crippen LogP contribution in [0, 0.1) is 13.8 Å². The minimum absolute atomic E-state index is 0.0527. The molecule has 3 N–H and O–H groups in total. The van der Waals surface area contributed by atoms with Crippen molar-refractivity contribution in [3.8, 4) is 12.0 Å². The van der Waals surface area contributed by atoms with Crippen LogP contribution in [0.1, 0.15) is 25.2 Å². The van der Waals surface area contributed by atoms with Crippen LogP contribution in [0.3, 0.4) is 0 Å². The number of ether oxygens (including phenoxy) is 1. The molecular formula is C11H16BrN7O. The molecule has 0 aliphatic heterocycles. The fraction of sp³-hybridized carbons (Fsp3) is 0.455. The lowest BCUT2D eigenvalue weighted by Gasteiger charge is -2.10. The lowest BCUT2D eigenvalue weighted by Crippen LogP contribution is -2.17. The second-order valence-corrected chi connectivity index (χ2v) is 5.24. The van der Waals surface area contributed by atoms with Crippen molar-refractivity contribution in [3.63, 3.8) is 0 Å². The van der Waals surface area contributed by atoms with Gasteiger partial charge in [0.15, 0.2) is 0 Å². The molecule has 0 aromatic carbocycles. The van der Waals surface area contributed by atoms with E-state index in [2.05, 4.69) is 41.4 Å². The Hall–Kier alpha value is -1.74. The molecule has 0 saturated carbocycles. The molecule has 9 heteroatoms. The number of nitrogen functional groups attached to an aromatic ring is 1. The second-order valence-electron chi connectivity index (χ2n) is 4.45. The average molecular weight is 342 g/mol. The number of hydrogen-bond donors (Lipinski definition) is 2. The van der Waals surface area contributed by atoms with Crippen molar-refractivity contribution in [2.45, 2.75) is 33.8 Å². The highest BCUT2D eigenvalue weighted by atomic mass is 79.9. The van der Waals surface area contributed by atoms with E-state index in [1.165, 1.54) is 0 Å². The third kappa shape index (κ3) is 2.88. The van der Waals surface area contributed by atoms with Crippen molar-refractivity contribution in [1.29, 1.82) is 0 Å². The van der Waals surface area contributed by atoms with Crippen LogP contribution < -0.4 is 16.0 Å². The summed E-state index contributed by atoms with van der Waals surface area (Å²) in [6, 6.07) is 0.196. The number of aryl methyl sites for hydroxylation is 1. The highest BCUT2D eigenvalue weighted by molar-refractivity contribution is 9.10. The van der Waals surface area contributed by atoms with Gasteiger partial charge >= 0.3 is 6.01 Å². The van der Waals surface area contributed by atoms with E-state index >= 15 is 0 Å². The summed E-state index contributed by atoms with van der Waals surface area (Å²) in [5.41, 5.74) is 4.12. The first-order valence-corrected chi connectivity index (χ1v) is 6.83. The van der Waals surface area contributed by atoms with Crippen LogP contribution in [-0.2, 0) is 0 Å². The number of nitrogens with two attached hydrogens (primary N) is 1. The molecule has 0 aliphatic rings. The summed E-state index contributed by atoms with van der Waals surface area (Å²) in [6.07, 6.45) is -0.0527. The standard InChI is InChI=1S/C11H16BrN7O/c1-5(2)20-11-15-9(17-13)14-10(16-11)19-7(4)8(12)6(3)18-19/h5H,13H2,1-4H3,(H,14,15,16,17). The smallest absolute Gasteiger partial charge is 0.323 e. The van der Waals surface area contributed by atoms with Crippen molar-refractivity contribution in [3.05, 3.63) is 15.9 Å². The third-order valence-corrected chi connectivity index (χ3v) is 3.61. The van der Waals surface area contributed by atoms with Crippen LogP contribution in [0.25, 0.3) is 5.95 Å². The lowest BCUT2D eigenvalue weighted by molar-refractivity contribution is 0.221. The molecule has 0 fully saturated rings. The molecule has 0 atom stereocenters. The maximum absolute atomic E-state index is 5.49. The predicted molar refractivity (Wildman–Crippen MR) is 77.7 cm³/mol. The SMILES string of the molecule is Cc1nn(-c2nc(NN)nc(OC(C)C)n2)c(C)c1Br. The van der Waals surface area contributed by atoms with E-state index in [4.69, 9.17) is 10.6 Å². The molecule has 0 aliphatic carbocycles. The summed E-state index contributed by atoms with van der Waals surface area (Å²) in [7, 11) is 0. The minimum atomic E-state index is -0.0527. The zero-order valence-electron chi connectivity index (χ0n) is 11.7. The first kappa shape index (κ1) is 14.7. The molecule has 2 heterocycles. The van der Waals surface area contributed by atoms with Gasteiger partial charge in [-0.1, -0.05) is 0 Å². The van der Waals surface area contributed by atoms with E-state index in [1.54, 1.807) is 4.68 Å². The second kappa shape index (κ2) is 5.71. The molecule has 20 heavy (non-hydrogen) atoms. The molecule has 0 saturated heterocycles. The molecule has 0 amide bonds. The van der Waals surface area contributed by atoms with Crippen LogP contribution in [0.2, 0.25) is 0 Å². The van der Waals surface area contributed by atoms with Crippen LogP contribution in [-0.4, -0.2) is 30.8 Å². The first-order valence-electron chi connectivity index (χ1n) is 6.03. The van der Waals surface area contributed by atoms with Crippen molar-refractivity contribution >= 4 is 21.9 Å².